The molecule has 0 bridgehead atoms. The molecule has 1 aliphatic heterocycles. The fourth-order valence-corrected chi connectivity index (χ4v) is 2.74. The van der Waals surface area contributed by atoms with Crippen LogP contribution in [0.25, 0.3) is 0 Å². The second-order valence-corrected chi connectivity index (χ2v) is 6.53. The van der Waals surface area contributed by atoms with Gasteiger partial charge in [0.05, 0.1) is 12.0 Å². The highest BCUT2D eigenvalue weighted by Gasteiger charge is 2.38. The van der Waals surface area contributed by atoms with Gasteiger partial charge in [0.25, 0.3) is 0 Å². The average molecular weight is 312 g/mol. The number of benzene rings is 1. The fourth-order valence-electron chi connectivity index (χ4n) is 2.74. The number of nitriles is 1. The highest BCUT2D eigenvalue weighted by molar-refractivity contribution is 5.32. The van der Waals surface area contributed by atoms with E-state index in [0.29, 0.717) is 6.54 Å². The Labute approximate surface area is 128 Å². The molecule has 1 aromatic rings. The molecule has 120 valence electrons. The fraction of sp³-hybridized carbons (Fsp3) is 0.562. The van der Waals surface area contributed by atoms with Gasteiger partial charge in [-0.25, -0.2) is 0 Å². The second-order valence-electron chi connectivity index (χ2n) is 6.53. The van der Waals surface area contributed by atoms with Gasteiger partial charge in [-0.15, -0.1) is 13.2 Å². The third kappa shape index (κ3) is 3.92. The Kier molecular flexibility index (Phi) is 4.39. The first-order chi connectivity index (χ1) is 10.1. The number of rotatable bonds is 2. The Morgan fingerprint density at radius 2 is 1.73 bits per heavy atom. The summed E-state index contributed by atoms with van der Waals surface area (Å²) >= 11 is 0. The molecule has 22 heavy (non-hydrogen) atoms. The minimum Gasteiger partial charge on any atom is -0.406 e. The van der Waals surface area contributed by atoms with Crippen LogP contribution in [0.5, 0.6) is 5.75 Å². The van der Waals surface area contributed by atoms with Crippen LogP contribution in [0.2, 0.25) is 0 Å². The third-order valence-electron chi connectivity index (χ3n) is 3.98. The third-order valence-corrected chi connectivity index (χ3v) is 3.98. The normalized spacial score (nSPS) is 23.3. The maximum Gasteiger partial charge on any atom is 0.573 e. The van der Waals surface area contributed by atoms with Crippen molar-refractivity contribution in [3.8, 4) is 11.8 Å². The topological polar surface area (TPSA) is 36.3 Å². The van der Waals surface area contributed by atoms with E-state index in [1.807, 2.05) is 0 Å². The molecule has 2 rings (SSSR count). The van der Waals surface area contributed by atoms with Gasteiger partial charge in [0.1, 0.15) is 5.75 Å². The highest BCUT2D eigenvalue weighted by Crippen LogP contribution is 2.36. The minimum atomic E-state index is -4.69. The summed E-state index contributed by atoms with van der Waals surface area (Å²) in [6.07, 6.45) is -4.69. The molecule has 1 fully saturated rings. The molecule has 3 nitrogen and oxygen atoms in total. The zero-order valence-corrected chi connectivity index (χ0v) is 12.8. The SMILES string of the molecule is CC(C)(C)N1C[C@H](c2ccc(OC(F)(F)F)cc2)[C@@H](C#N)C1. The van der Waals surface area contributed by atoms with E-state index in [0.717, 1.165) is 12.1 Å². The van der Waals surface area contributed by atoms with Crippen molar-refractivity contribution >= 4 is 0 Å². The highest BCUT2D eigenvalue weighted by atomic mass is 19.4. The van der Waals surface area contributed by atoms with Crippen molar-refractivity contribution in [3.05, 3.63) is 29.8 Å². The standard InChI is InChI=1S/C16H19F3N2O/c1-15(2,3)21-9-12(8-20)14(10-21)11-4-6-13(7-5-11)22-16(17,18)19/h4-7,12,14H,9-10H2,1-3H3/t12-,14+/m0/s1. The van der Waals surface area contributed by atoms with E-state index in [4.69, 9.17) is 0 Å². The van der Waals surface area contributed by atoms with E-state index < -0.39 is 6.36 Å². The van der Waals surface area contributed by atoms with Crippen molar-refractivity contribution in [3.63, 3.8) is 0 Å². The van der Waals surface area contributed by atoms with Gasteiger partial charge in [-0.3, -0.25) is 4.90 Å². The quantitative estimate of drug-likeness (QED) is 0.830. The van der Waals surface area contributed by atoms with Crippen molar-refractivity contribution in [2.45, 2.75) is 38.6 Å². The van der Waals surface area contributed by atoms with Crippen LogP contribution in [0.1, 0.15) is 32.3 Å². The Morgan fingerprint density at radius 1 is 1.14 bits per heavy atom. The van der Waals surface area contributed by atoms with Crippen LogP contribution in [0.15, 0.2) is 24.3 Å². The smallest absolute Gasteiger partial charge is 0.406 e. The number of hydrogen-bond acceptors (Lipinski definition) is 3. The molecule has 0 spiro atoms. The van der Waals surface area contributed by atoms with E-state index in [1.165, 1.54) is 12.1 Å². The molecule has 1 aliphatic rings. The van der Waals surface area contributed by atoms with E-state index in [-0.39, 0.29) is 23.1 Å². The van der Waals surface area contributed by atoms with Crippen LogP contribution < -0.4 is 4.74 Å². The molecule has 0 aromatic heterocycles. The molecule has 2 atom stereocenters. The molecule has 1 heterocycles. The van der Waals surface area contributed by atoms with Crippen LogP contribution in [-0.4, -0.2) is 29.9 Å². The van der Waals surface area contributed by atoms with Gasteiger partial charge in [-0.05, 0) is 38.5 Å². The zero-order valence-electron chi connectivity index (χ0n) is 12.8. The van der Waals surface area contributed by atoms with E-state index >= 15 is 0 Å². The molecule has 0 aliphatic carbocycles. The largest absolute Gasteiger partial charge is 0.573 e. The monoisotopic (exact) mass is 312 g/mol. The Bertz CT molecular complexity index is 555. The Hall–Kier alpha value is -1.74. The molecular weight excluding hydrogens is 293 g/mol. The molecule has 0 unspecified atom stereocenters. The number of likely N-dealkylation sites (tertiary alicyclic amines) is 1. The predicted octanol–water partition coefficient (Wildman–Crippen LogP) is 3.92. The van der Waals surface area contributed by atoms with Crippen LogP contribution in [0.4, 0.5) is 13.2 Å². The van der Waals surface area contributed by atoms with E-state index in [9.17, 15) is 18.4 Å². The average Bonchev–Trinajstić information content (AvgIpc) is 2.81. The lowest BCUT2D eigenvalue weighted by molar-refractivity contribution is -0.274. The van der Waals surface area contributed by atoms with Crippen molar-refractivity contribution in [2.75, 3.05) is 13.1 Å². The molecular formula is C16H19F3N2O. The van der Waals surface area contributed by atoms with Crippen LogP contribution in [0.3, 0.4) is 0 Å². The van der Waals surface area contributed by atoms with Gasteiger partial charge in [0.15, 0.2) is 0 Å². The lowest BCUT2D eigenvalue weighted by Crippen LogP contribution is -2.39. The predicted molar refractivity (Wildman–Crippen MR) is 76.3 cm³/mol. The molecule has 0 radical (unpaired) electrons. The zero-order chi connectivity index (χ0) is 16.5. The van der Waals surface area contributed by atoms with Gasteiger partial charge in [-0.2, -0.15) is 5.26 Å². The van der Waals surface area contributed by atoms with Crippen LogP contribution >= 0.6 is 0 Å². The molecule has 0 saturated carbocycles. The van der Waals surface area contributed by atoms with Crippen molar-refractivity contribution < 1.29 is 17.9 Å². The van der Waals surface area contributed by atoms with Gasteiger partial charge >= 0.3 is 6.36 Å². The second kappa shape index (κ2) is 5.81. The maximum absolute atomic E-state index is 12.2. The number of alkyl halides is 3. The summed E-state index contributed by atoms with van der Waals surface area (Å²) in [7, 11) is 0. The Morgan fingerprint density at radius 3 is 2.18 bits per heavy atom. The molecule has 1 saturated heterocycles. The summed E-state index contributed by atoms with van der Waals surface area (Å²) in [6.45, 7) is 7.66. The number of ether oxygens (including phenoxy) is 1. The summed E-state index contributed by atoms with van der Waals surface area (Å²) in [5, 5.41) is 9.34. The van der Waals surface area contributed by atoms with Gasteiger partial charge in [0.2, 0.25) is 0 Å². The van der Waals surface area contributed by atoms with Crippen LogP contribution in [-0.2, 0) is 0 Å². The van der Waals surface area contributed by atoms with Gasteiger partial charge in [-0.1, -0.05) is 12.1 Å². The lowest BCUT2D eigenvalue weighted by atomic mass is 9.90. The van der Waals surface area contributed by atoms with Gasteiger partial charge < -0.3 is 4.74 Å². The summed E-state index contributed by atoms with van der Waals surface area (Å²) in [4.78, 5) is 2.23. The summed E-state index contributed by atoms with van der Waals surface area (Å²) < 4.78 is 40.4. The molecule has 0 N–H and O–H groups in total. The first kappa shape index (κ1) is 16.6. The van der Waals surface area contributed by atoms with Crippen molar-refractivity contribution in [1.29, 1.82) is 5.26 Å². The first-order valence-corrected chi connectivity index (χ1v) is 7.10. The minimum absolute atomic E-state index is 0.00385. The first-order valence-electron chi connectivity index (χ1n) is 7.10. The van der Waals surface area contributed by atoms with E-state index in [1.54, 1.807) is 12.1 Å². The van der Waals surface area contributed by atoms with Gasteiger partial charge in [0, 0.05) is 24.5 Å². The number of halogens is 3. The van der Waals surface area contributed by atoms with E-state index in [2.05, 4.69) is 36.5 Å². The lowest BCUT2D eigenvalue weighted by Gasteiger charge is -2.31. The molecule has 6 heteroatoms. The molecule has 0 amide bonds. The summed E-state index contributed by atoms with van der Waals surface area (Å²) in [5.41, 5.74) is 0.830. The van der Waals surface area contributed by atoms with Crippen molar-refractivity contribution in [1.82, 2.24) is 4.90 Å². The summed E-state index contributed by atoms with van der Waals surface area (Å²) in [5.74, 6) is -0.395. The summed E-state index contributed by atoms with van der Waals surface area (Å²) in [6, 6.07) is 8.15. The molecule has 1 aromatic carbocycles. The Balaban J connectivity index is 2.15. The number of nitrogens with zero attached hydrogens (tertiary/aromatic N) is 2. The van der Waals surface area contributed by atoms with Crippen LogP contribution in [0, 0.1) is 17.2 Å². The van der Waals surface area contributed by atoms with Crippen molar-refractivity contribution in [2.24, 2.45) is 5.92 Å². The number of hydrogen-bond donors (Lipinski definition) is 0. The maximum atomic E-state index is 12.2.